The maximum atomic E-state index is 11.4. The number of aryl methyl sites for hydroxylation is 1. The van der Waals surface area contributed by atoms with Gasteiger partial charge in [-0.15, -0.1) is 0 Å². The number of nitrogens with zero attached hydrogens (tertiary/aromatic N) is 2. The van der Waals surface area contributed by atoms with Gasteiger partial charge in [-0.1, -0.05) is 0 Å². The SMILES string of the molecule is COCCNc1cc(C)nc(Nc2ccc(C(=O)OC)cc2)n1. The number of methoxy groups -OCH3 is 2. The van der Waals surface area contributed by atoms with E-state index in [-0.39, 0.29) is 5.97 Å². The van der Waals surface area contributed by atoms with Gasteiger partial charge in [-0.2, -0.15) is 4.98 Å². The number of carbonyl (C=O) groups is 1. The normalized spacial score (nSPS) is 10.2. The van der Waals surface area contributed by atoms with E-state index in [1.54, 1.807) is 31.4 Å². The second-order valence-electron chi connectivity index (χ2n) is 4.83. The van der Waals surface area contributed by atoms with Crippen molar-refractivity contribution >= 4 is 23.4 Å². The van der Waals surface area contributed by atoms with Gasteiger partial charge in [0.25, 0.3) is 0 Å². The van der Waals surface area contributed by atoms with E-state index in [1.807, 2.05) is 13.0 Å². The highest BCUT2D eigenvalue weighted by Crippen LogP contribution is 2.16. The van der Waals surface area contributed by atoms with E-state index in [9.17, 15) is 4.79 Å². The molecular weight excluding hydrogens is 296 g/mol. The maximum absolute atomic E-state index is 11.4. The fourth-order valence-corrected chi connectivity index (χ4v) is 1.93. The number of hydrogen-bond donors (Lipinski definition) is 2. The first-order valence-electron chi connectivity index (χ1n) is 7.16. The van der Waals surface area contributed by atoms with Crippen molar-refractivity contribution in [3.05, 3.63) is 41.6 Å². The largest absolute Gasteiger partial charge is 0.465 e. The molecule has 122 valence electrons. The minimum atomic E-state index is -0.368. The molecule has 0 aliphatic rings. The number of anilines is 3. The lowest BCUT2D eigenvalue weighted by atomic mass is 10.2. The van der Waals surface area contributed by atoms with Crippen LogP contribution in [0.25, 0.3) is 0 Å². The lowest BCUT2D eigenvalue weighted by Crippen LogP contribution is -2.10. The third kappa shape index (κ3) is 4.93. The summed E-state index contributed by atoms with van der Waals surface area (Å²) in [5.74, 6) is 0.840. The molecule has 0 bridgehead atoms. The van der Waals surface area contributed by atoms with Crippen molar-refractivity contribution in [2.75, 3.05) is 38.0 Å². The van der Waals surface area contributed by atoms with E-state index < -0.39 is 0 Å². The monoisotopic (exact) mass is 316 g/mol. The molecule has 7 nitrogen and oxygen atoms in total. The summed E-state index contributed by atoms with van der Waals surface area (Å²) in [6, 6.07) is 8.77. The van der Waals surface area contributed by atoms with Gasteiger partial charge in [-0.05, 0) is 31.2 Å². The number of esters is 1. The van der Waals surface area contributed by atoms with Gasteiger partial charge in [0.1, 0.15) is 5.82 Å². The topological polar surface area (TPSA) is 85.4 Å². The smallest absolute Gasteiger partial charge is 0.337 e. The summed E-state index contributed by atoms with van der Waals surface area (Å²) in [7, 11) is 3.01. The Hall–Kier alpha value is -2.67. The molecule has 0 aliphatic carbocycles. The summed E-state index contributed by atoms with van der Waals surface area (Å²) in [5.41, 5.74) is 2.12. The standard InChI is InChI=1S/C16H20N4O3/c1-11-10-14(17-8-9-22-2)20-16(18-11)19-13-6-4-12(5-7-13)15(21)23-3/h4-7,10H,8-9H2,1-3H3,(H2,17,18,19,20). The average molecular weight is 316 g/mol. The van der Waals surface area contributed by atoms with Gasteiger partial charge in [0, 0.05) is 31.1 Å². The molecule has 2 aromatic rings. The Morgan fingerprint density at radius 1 is 1.17 bits per heavy atom. The molecule has 7 heteroatoms. The zero-order chi connectivity index (χ0) is 16.7. The fraction of sp³-hybridized carbons (Fsp3) is 0.312. The molecule has 0 atom stereocenters. The van der Waals surface area contributed by atoms with Gasteiger partial charge in [0.05, 0.1) is 19.3 Å². The first kappa shape index (κ1) is 16.7. The zero-order valence-corrected chi connectivity index (χ0v) is 13.4. The Balaban J connectivity index is 2.08. The Bertz CT molecular complexity index is 659. The molecule has 1 aromatic heterocycles. The van der Waals surface area contributed by atoms with E-state index in [4.69, 9.17) is 4.74 Å². The van der Waals surface area contributed by atoms with Gasteiger partial charge in [-0.3, -0.25) is 0 Å². The van der Waals surface area contributed by atoms with Crippen LogP contribution >= 0.6 is 0 Å². The second kappa shape index (κ2) is 8.09. The van der Waals surface area contributed by atoms with Crippen LogP contribution in [0, 0.1) is 6.92 Å². The maximum Gasteiger partial charge on any atom is 0.337 e. The lowest BCUT2D eigenvalue weighted by molar-refractivity contribution is 0.0601. The molecule has 0 amide bonds. The van der Waals surface area contributed by atoms with Crippen LogP contribution in [-0.4, -0.2) is 43.3 Å². The number of carbonyl (C=O) groups excluding carboxylic acids is 1. The molecule has 0 saturated carbocycles. The predicted octanol–water partition coefficient (Wildman–Crippen LogP) is 2.37. The van der Waals surface area contributed by atoms with Crippen molar-refractivity contribution in [3.8, 4) is 0 Å². The van der Waals surface area contributed by atoms with Crippen LogP contribution in [0.15, 0.2) is 30.3 Å². The molecular formula is C16H20N4O3. The van der Waals surface area contributed by atoms with Gasteiger partial charge < -0.3 is 20.1 Å². The summed E-state index contributed by atoms with van der Waals surface area (Å²) in [6.45, 7) is 3.16. The number of rotatable bonds is 7. The second-order valence-corrected chi connectivity index (χ2v) is 4.83. The molecule has 0 aliphatic heterocycles. The van der Waals surface area contributed by atoms with Gasteiger partial charge >= 0.3 is 5.97 Å². The summed E-state index contributed by atoms with van der Waals surface area (Å²) in [6.07, 6.45) is 0. The van der Waals surface area contributed by atoms with E-state index in [1.165, 1.54) is 7.11 Å². The first-order valence-corrected chi connectivity index (χ1v) is 7.16. The van der Waals surface area contributed by atoms with Crippen LogP contribution in [0.1, 0.15) is 16.1 Å². The van der Waals surface area contributed by atoms with Crippen molar-refractivity contribution in [3.63, 3.8) is 0 Å². The Morgan fingerprint density at radius 2 is 1.91 bits per heavy atom. The highest BCUT2D eigenvalue weighted by molar-refractivity contribution is 5.89. The van der Waals surface area contributed by atoms with Crippen molar-refractivity contribution in [1.29, 1.82) is 0 Å². The number of hydrogen-bond acceptors (Lipinski definition) is 7. The van der Waals surface area contributed by atoms with Crippen LogP contribution < -0.4 is 10.6 Å². The van der Waals surface area contributed by atoms with Crippen LogP contribution in [-0.2, 0) is 9.47 Å². The van der Waals surface area contributed by atoms with Crippen molar-refractivity contribution in [2.45, 2.75) is 6.92 Å². The predicted molar refractivity (Wildman–Crippen MR) is 88.2 cm³/mol. The Kier molecular flexibility index (Phi) is 5.87. The lowest BCUT2D eigenvalue weighted by Gasteiger charge is -2.10. The molecule has 2 rings (SSSR count). The minimum Gasteiger partial charge on any atom is -0.465 e. The van der Waals surface area contributed by atoms with Crippen LogP contribution in [0.4, 0.5) is 17.5 Å². The van der Waals surface area contributed by atoms with Crippen LogP contribution in [0.5, 0.6) is 0 Å². The zero-order valence-electron chi connectivity index (χ0n) is 13.4. The third-order valence-corrected chi connectivity index (χ3v) is 3.03. The first-order chi connectivity index (χ1) is 11.1. The highest BCUT2D eigenvalue weighted by atomic mass is 16.5. The number of ether oxygens (including phenoxy) is 2. The van der Waals surface area contributed by atoms with Crippen molar-refractivity contribution in [1.82, 2.24) is 9.97 Å². The van der Waals surface area contributed by atoms with Crippen molar-refractivity contribution < 1.29 is 14.3 Å². The summed E-state index contributed by atoms with van der Waals surface area (Å²) in [5, 5.41) is 6.28. The van der Waals surface area contributed by atoms with E-state index in [0.717, 1.165) is 17.2 Å². The molecule has 1 aromatic carbocycles. The fourth-order valence-electron chi connectivity index (χ4n) is 1.93. The number of nitrogens with one attached hydrogen (secondary N) is 2. The van der Waals surface area contributed by atoms with Gasteiger partial charge in [0.15, 0.2) is 0 Å². The van der Waals surface area contributed by atoms with Gasteiger partial charge in [0.2, 0.25) is 5.95 Å². The summed E-state index contributed by atoms with van der Waals surface area (Å²) >= 11 is 0. The van der Waals surface area contributed by atoms with Gasteiger partial charge in [-0.25, -0.2) is 9.78 Å². The van der Waals surface area contributed by atoms with Crippen LogP contribution in [0.3, 0.4) is 0 Å². The highest BCUT2D eigenvalue weighted by Gasteiger charge is 2.06. The summed E-state index contributed by atoms with van der Waals surface area (Å²) in [4.78, 5) is 20.2. The molecule has 0 fully saturated rings. The Morgan fingerprint density at radius 3 is 2.57 bits per heavy atom. The third-order valence-electron chi connectivity index (χ3n) is 3.03. The average Bonchev–Trinajstić information content (AvgIpc) is 2.54. The molecule has 1 heterocycles. The minimum absolute atomic E-state index is 0.368. The molecule has 2 N–H and O–H groups in total. The van der Waals surface area contributed by atoms with E-state index >= 15 is 0 Å². The number of aromatic nitrogens is 2. The van der Waals surface area contributed by atoms with Crippen molar-refractivity contribution in [2.24, 2.45) is 0 Å². The van der Waals surface area contributed by atoms with E-state index in [2.05, 4.69) is 25.3 Å². The summed E-state index contributed by atoms with van der Waals surface area (Å²) < 4.78 is 9.67. The molecule has 0 saturated heterocycles. The quantitative estimate of drug-likeness (QED) is 0.599. The van der Waals surface area contributed by atoms with E-state index in [0.29, 0.717) is 24.7 Å². The molecule has 0 unspecified atom stereocenters. The molecule has 0 radical (unpaired) electrons. The molecule has 0 spiro atoms. The Labute approximate surface area is 135 Å². The van der Waals surface area contributed by atoms with Crippen LogP contribution in [0.2, 0.25) is 0 Å². The molecule has 23 heavy (non-hydrogen) atoms. The number of benzene rings is 1.